The quantitative estimate of drug-likeness (QED) is 0.0700. The summed E-state index contributed by atoms with van der Waals surface area (Å²) in [7, 11) is 0. The van der Waals surface area contributed by atoms with E-state index in [0.717, 1.165) is 12.8 Å². The zero-order valence-corrected chi connectivity index (χ0v) is 19.0. The molecule has 0 unspecified atom stereocenters. The number of carbonyl (C=O) groups excluding carboxylic acids is 1. The lowest BCUT2D eigenvalue weighted by Crippen LogP contribution is -2.06. The van der Waals surface area contributed by atoms with Crippen LogP contribution in [0.1, 0.15) is 51.9 Å². The highest BCUT2D eigenvalue weighted by atomic mass is 127. The summed E-state index contributed by atoms with van der Waals surface area (Å²) in [6.07, 6.45) is 8.81. The van der Waals surface area contributed by atoms with Crippen LogP contribution in [0.5, 0.6) is 0 Å². The van der Waals surface area contributed by atoms with E-state index >= 15 is 0 Å². The Labute approximate surface area is 156 Å². The van der Waals surface area contributed by atoms with E-state index in [1.807, 2.05) is 0 Å². The van der Waals surface area contributed by atoms with Crippen LogP contribution in [0.25, 0.3) is 0 Å². The number of ether oxygens (including phenoxy) is 1. The van der Waals surface area contributed by atoms with Crippen molar-refractivity contribution in [2.24, 2.45) is 0 Å². The third-order valence-electron chi connectivity index (χ3n) is 2.69. The monoisotopic (exact) mass is 620 g/mol. The third kappa shape index (κ3) is 15.8. The Balaban J connectivity index is 3.20. The molecule has 6 heteroatoms. The molecule has 0 saturated carbocycles. The predicted octanol–water partition coefficient (Wildman–Crippen LogP) is 6.08. The van der Waals surface area contributed by atoms with Crippen LogP contribution in [0, 0.1) is 0 Å². The summed E-state index contributed by atoms with van der Waals surface area (Å²) in [6, 6.07) is 1.42. The van der Waals surface area contributed by atoms with Crippen LogP contribution in [-0.4, -0.2) is 13.1 Å². The number of esters is 1. The maximum atomic E-state index is 11.1. The lowest BCUT2D eigenvalue weighted by atomic mass is 10.1. The maximum absolute atomic E-state index is 11.1. The minimum absolute atomic E-state index is 0.260. The largest absolute Gasteiger partial charge is 0.462 e. The van der Waals surface area contributed by atoms with E-state index in [2.05, 4.69) is 72.0 Å². The zero-order valence-electron chi connectivity index (χ0n) is 11.5. The lowest BCUT2D eigenvalue weighted by Gasteiger charge is -2.08. The molecule has 19 heavy (non-hydrogen) atoms. The van der Waals surface area contributed by atoms with Gasteiger partial charge in [0.2, 0.25) is 0 Å². The van der Waals surface area contributed by atoms with E-state index in [1.54, 1.807) is 6.92 Å². The molecule has 0 amide bonds. The predicted molar refractivity (Wildman–Crippen MR) is 111 cm³/mol. The first-order valence-electron chi connectivity index (χ1n) is 6.72. The van der Waals surface area contributed by atoms with Crippen molar-refractivity contribution >= 4 is 71.9 Å². The van der Waals surface area contributed by atoms with Gasteiger partial charge in [-0.05, 0) is 19.4 Å². The van der Waals surface area contributed by atoms with Crippen molar-refractivity contribution < 1.29 is 9.53 Å². The van der Waals surface area contributed by atoms with Crippen molar-refractivity contribution in [2.45, 2.75) is 57.9 Å². The van der Waals surface area contributed by atoms with Crippen molar-refractivity contribution in [3.05, 3.63) is 12.2 Å². The fourth-order valence-electron chi connectivity index (χ4n) is 1.60. The summed E-state index contributed by atoms with van der Waals surface area (Å²) >= 11 is 7.90. The fourth-order valence-corrected chi connectivity index (χ4v) is 5.68. The highest BCUT2D eigenvalue weighted by Gasteiger charge is 2.19. The van der Waals surface area contributed by atoms with Gasteiger partial charge < -0.3 is 4.74 Å². The summed E-state index contributed by atoms with van der Waals surface area (Å²) < 4.78 is 4.14. The summed E-state index contributed by atoms with van der Waals surface area (Å²) in [5.41, 5.74) is 0.486. The molecule has 0 rings (SSSR count). The molecule has 112 valence electrons. The van der Waals surface area contributed by atoms with Crippen LogP contribution in [0.4, 0.5) is 0 Å². The van der Waals surface area contributed by atoms with Crippen molar-refractivity contribution in [3.8, 4) is 0 Å². The summed E-state index contributed by atoms with van der Waals surface area (Å²) in [5, 5.41) is 0. The van der Waals surface area contributed by atoms with E-state index in [0.29, 0.717) is 12.2 Å². The molecule has 0 aliphatic heterocycles. The Hall–Kier alpha value is 1.62. The molecule has 0 aliphatic carbocycles. The van der Waals surface area contributed by atoms with Gasteiger partial charge in [-0.2, -0.15) is 0 Å². The highest BCUT2D eigenvalue weighted by molar-refractivity contribution is 14.4. The summed E-state index contributed by atoms with van der Waals surface area (Å²) in [5.74, 6) is -0.260. The number of hydrogen-bond acceptors (Lipinski definition) is 2. The molecule has 0 atom stereocenters. The summed E-state index contributed by atoms with van der Waals surface area (Å²) in [4.78, 5) is 11.1. The number of halogens is 3. The van der Waals surface area contributed by atoms with Gasteiger partial charge in [-0.3, -0.25) is 0 Å². The molecule has 0 radical (unpaired) electrons. The van der Waals surface area contributed by atoms with E-state index in [-0.39, 0.29) is 5.97 Å². The number of unbranched alkanes of at least 4 members (excludes halogenated alkanes) is 6. The van der Waals surface area contributed by atoms with Gasteiger partial charge in [-0.1, -0.05) is 110 Å². The average molecular weight is 620 g/mol. The van der Waals surface area contributed by atoms with Crippen molar-refractivity contribution in [2.75, 3.05) is 6.61 Å². The molecule has 0 spiro atoms. The van der Waals surface area contributed by atoms with Gasteiger partial charge in [0.05, 0.1) is 6.61 Å². The van der Waals surface area contributed by atoms with Crippen molar-refractivity contribution in [1.29, 1.82) is 0 Å². The van der Waals surface area contributed by atoms with Crippen LogP contribution in [0.3, 0.4) is 0 Å². The van der Waals surface area contributed by atoms with Crippen LogP contribution in [0.2, 0.25) is 6.04 Å². The second-order valence-electron chi connectivity index (χ2n) is 4.76. The third-order valence-corrected chi connectivity index (χ3v) is 8.46. The van der Waals surface area contributed by atoms with E-state index in [1.165, 1.54) is 38.1 Å². The number of hydrogen-bond donors (Lipinski definition) is 0. The molecule has 0 saturated heterocycles. The van der Waals surface area contributed by atoms with Crippen LogP contribution < -0.4 is 0 Å². The second-order valence-corrected chi connectivity index (χ2v) is 41.6. The normalized spacial score (nSPS) is 11.4. The first-order chi connectivity index (χ1) is 8.83. The van der Waals surface area contributed by atoms with Crippen LogP contribution in [-0.2, 0) is 9.53 Å². The van der Waals surface area contributed by atoms with E-state index in [9.17, 15) is 4.79 Å². The molecule has 0 aromatic heterocycles. The van der Waals surface area contributed by atoms with Crippen LogP contribution >= 0.6 is 65.4 Å². The topological polar surface area (TPSA) is 26.3 Å². The van der Waals surface area contributed by atoms with Gasteiger partial charge in [0.25, 0.3) is 0.564 Å². The maximum Gasteiger partial charge on any atom is 0.333 e. The fraction of sp³-hybridized carbons (Fsp3) is 0.769. The lowest BCUT2D eigenvalue weighted by molar-refractivity contribution is -0.139. The SMILES string of the molecule is C=C(C)C(=O)OCCCCCCCCC[Si](I)(I)I. The van der Waals surface area contributed by atoms with Crippen molar-refractivity contribution in [3.63, 3.8) is 0 Å². The molecule has 0 N–H and O–H groups in total. The van der Waals surface area contributed by atoms with Gasteiger partial charge in [0.1, 0.15) is 0 Å². The Morgan fingerprint density at radius 1 is 1.00 bits per heavy atom. The van der Waals surface area contributed by atoms with Gasteiger partial charge in [-0.25, -0.2) is 4.79 Å². The molecule has 0 fully saturated rings. The first kappa shape index (κ1) is 20.6. The minimum Gasteiger partial charge on any atom is -0.462 e. The highest BCUT2D eigenvalue weighted by Crippen LogP contribution is 2.35. The van der Waals surface area contributed by atoms with Gasteiger partial charge in [0, 0.05) is 5.57 Å². The second kappa shape index (κ2) is 12.2. The Kier molecular flexibility index (Phi) is 13.2. The Morgan fingerprint density at radius 3 is 1.95 bits per heavy atom. The average Bonchev–Trinajstić information content (AvgIpc) is 2.29. The molecule has 2 nitrogen and oxygen atoms in total. The van der Waals surface area contributed by atoms with Crippen molar-refractivity contribution in [1.82, 2.24) is 0 Å². The van der Waals surface area contributed by atoms with Gasteiger partial charge in [-0.15, -0.1) is 0 Å². The molecule has 0 heterocycles. The van der Waals surface area contributed by atoms with Gasteiger partial charge in [0.15, 0.2) is 0 Å². The number of rotatable bonds is 11. The molecule has 0 aromatic rings. The zero-order chi connectivity index (χ0) is 14.7. The molecule has 0 aliphatic rings. The summed E-state index contributed by atoms with van der Waals surface area (Å²) in [6.45, 7) is 5.78. The Morgan fingerprint density at radius 2 is 1.47 bits per heavy atom. The molecule has 0 aromatic carbocycles. The van der Waals surface area contributed by atoms with Gasteiger partial charge >= 0.3 is 5.97 Å². The molecular weight excluding hydrogens is 597 g/mol. The molecular formula is C13H23I3O2Si. The standard InChI is InChI=1S/C13H23I3O2Si/c1-12(2)13(17)18-10-8-6-4-3-5-7-9-11-19(14,15)16/h1,3-11H2,2H3. The van der Waals surface area contributed by atoms with E-state index < -0.39 is 0.564 Å². The first-order valence-corrected chi connectivity index (χ1v) is 18.3. The van der Waals surface area contributed by atoms with Crippen LogP contribution in [0.15, 0.2) is 12.2 Å². The smallest absolute Gasteiger partial charge is 0.333 e. The minimum atomic E-state index is -0.909. The Bertz CT molecular complexity index is 278. The van der Waals surface area contributed by atoms with E-state index in [4.69, 9.17) is 4.74 Å². The number of carbonyl (C=O) groups is 1. The molecule has 0 bridgehead atoms.